The molecule has 1 fully saturated rings. The van der Waals surface area contributed by atoms with Gasteiger partial charge in [-0.1, -0.05) is 6.92 Å². The van der Waals surface area contributed by atoms with Gasteiger partial charge < -0.3 is 10.6 Å². The molecule has 1 aliphatic rings. The molecule has 0 saturated carbocycles. The predicted molar refractivity (Wildman–Crippen MR) is 114 cm³/mol. The molecule has 2 rings (SSSR count). The zero-order valence-electron chi connectivity index (χ0n) is 15.0. The van der Waals surface area contributed by atoms with Gasteiger partial charge in [-0.05, 0) is 26.2 Å². The third-order valence-corrected chi connectivity index (χ3v) is 7.04. The van der Waals surface area contributed by atoms with Gasteiger partial charge in [-0.3, -0.25) is 4.99 Å². The number of halogens is 1. The maximum atomic E-state index is 11.9. The van der Waals surface area contributed by atoms with E-state index in [1.165, 1.54) is 0 Å². The van der Waals surface area contributed by atoms with Crippen LogP contribution in [0.25, 0.3) is 0 Å². The highest BCUT2D eigenvalue weighted by molar-refractivity contribution is 14.0. The molecule has 7 nitrogen and oxygen atoms in total. The van der Waals surface area contributed by atoms with Crippen molar-refractivity contribution in [2.24, 2.45) is 4.99 Å². The second-order valence-electron chi connectivity index (χ2n) is 5.73. The highest BCUT2D eigenvalue weighted by Crippen LogP contribution is 2.14. The van der Waals surface area contributed by atoms with Crippen LogP contribution in [-0.4, -0.2) is 55.6 Å². The second kappa shape index (κ2) is 10.6. The Morgan fingerprint density at radius 2 is 2.08 bits per heavy atom. The average molecular weight is 501 g/mol. The monoisotopic (exact) mass is 501 g/mol. The van der Waals surface area contributed by atoms with Crippen LogP contribution < -0.4 is 10.6 Å². The summed E-state index contributed by atoms with van der Waals surface area (Å²) in [5.41, 5.74) is 1.02. The second-order valence-corrected chi connectivity index (χ2v) is 8.93. The number of hydrogen-bond acceptors (Lipinski definition) is 5. The zero-order chi connectivity index (χ0) is 17.6. The van der Waals surface area contributed by atoms with Crippen molar-refractivity contribution in [1.29, 1.82) is 0 Å². The van der Waals surface area contributed by atoms with Crippen LogP contribution in [0.4, 0.5) is 0 Å². The SMILES string of the molecule is CCc1nc(CNC(=NC)NC2CCN(S(=O)(=O)CC)CC2)cs1.I. The largest absolute Gasteiger partial charge is 0.354 e. The fraction of sp³-hybridized carbons (Fsp3) is 0.733. The van der Waals surface area contributed by atoms with E-state index in [0.29, 0.717) is 19.6 Å². The topological polar surface area (TPSA) is 86.7 Å². The summed E-state index contributed by atoms with van der Waals surface area (Å²) in [6, 6.07) is 0.237. The summed E-state index contributed by atoms with van der Waals surface area (Å²) < 4.78 is 25.4. The van der Waals surface area contributed by atoms with Crippen molar-refractivity contribution >= 4 is 51.3 Å². The molecule has 25 heavy (non-hydrogen) atoms. The van der Waals surface area contributed by atoms with Crippen LogP contribution in [0.2, 0.25) is 0 Å². The van der Waals surface area contributed by atoms with E-state index in [4.69, 9.17) is 0 Å². The summed E-state index contributed by atoms with van der Waals surface area (Å²) in [5.74, 6) is 0.902. The van der Waals surface area contributed by atoms with Crippen LogP contribution in [0.1, 0.15) is 37.4 Å². The molecule has 0 radical (unpaired) electrons. The van der Waals surface area contributed by atoms with Crippen LogP contribution in [0, 0.1) is 0 Å². The highest BCUT2D eigenvalue weighted by atomic mass is 127. The first-order chi connectivity index (χ1) is 11.5. The standard InChI is InChI=1S/C15H27N5O2S2.HI/c1-4-14-18-13(11-23-14)10-17-15(16-3)19-12-6-8-20(9-7-12)24(21,22)5-2;/h11-12H,4-10H2,1-3H3,(H2,16,17,19);1H. The molecule has 0 bridgehead atoms. The van der Waals surface area contributed by atoms with Crippen molar-refractivity contribution in [3.05, 3.63) is 16.1 Å². The van der Waals surface area contributed by atoms with Gasteiger partial charge in [-0.2, -0.15) is 0 Å². The van der Waals surface area contributed by atoms with Gasteiger partial charge in [-0.25, -0.2) is 17.7 Å². The van der Waals surface area contributed by atoms with Crippen molar-refractivity contribution in [1.82, 2.24) is 19.9 Å². The third-order valence-electron chi connectivity index (χ3n) is 4.12. The van der Waals surface area contributed by atoms with Gasteiger partial charge in [0, 0.05) is 31.6 Å². The molecule has 1 aromatic heterocycles. The number of aromatic nitrogens is 1. The smallest absolute Gasteiger partial charge is 0.213 e. The minimum absolute atomic E-state index is 0. The number of nitrogens with one attached hydrogen (secondary N) is 2. The van der Waals surface area contributed by atoms with E-state index in [1.54, 1.807) is 29.6 Å². The maximum absolute atomic E-state index is 11.9. The Hall–Kier alpha value is -0.460. The molecule has 1 saturated heterocycles. The fourth-order valence-corrected chi connectivity index (χ4v) is 4.49. The van der Waals surface area contributed by atoms with Crippen molar-refractivity contribution in [2.75, 3.05) is 25.9 Å². The van der Waals surface area contributed by atoms with Gasteiger partial charge in [0.05, 0.1) is 23.0 Å². The van der Waals surface area contributed by atoms with Crippen LogP contribution in [-0.2, 0) is 23.0 Å². The van der Waals surface area contributed by atoms with Crippen LogP contribution in [0.15, 0.2) is 10.4 Å². The zero-order valence-corrected chi connectivity index (χ0v) is 19.0. The molecule has 0 spiro atoms. The van der Waals surface area contributed by atoms with Gasteiger partial charge in [0.25, 0.3) is 0 Å². The number of hydrogen-bond donors (Lipinski definition) is 2. The summed E-state index contributed by atoms with van der Waals surface area (Å²) in [6.07, 6.45) is 2.53. The first kappa shape index (κ1) is 22.6. The molecule has 1 aromatic rings. The lowest BCUT2D eigenvalue weighted by atomic mass is 10.1. The van der Waals surface area contributed by atoms with Crippen molar-refractivity contribution in [3.63, 3.8) is 0 Å². The molecule has 0 unspecified atom stereocenters. The van der Waals surface area contributed by atoms with Gasteiger partial charge >= 0.3 is 0 Å². The first-order valence-electron chi connectivity index (χ1n) is 8.36. The first-order valence-corrected chi connectivity index (χ1v) is 10.9. The number of nitrogens with zero attached hydrogens (tertiary/aromatic N) is 3. The van der Waals surface area contributed by atoms with Gasteiger partial charge in [0.1, 0.15) is 0 Å². The summed E-state index contributed by atoms with van der Waals surface area (Å²) in [4.78, 5) is 8.77. The van der Waals surface area contributed by atoms with Crippen molar-refractivity contribution in [3.8, 4) is 0 Å². The van der Waals surface area contributed by atoms with E-state index in [1.807, 2.05) is 0 Å². The summed E-state index contributed by atoms with van der Waals surface area (Å²) in [6.45, 7) is 5.56. The van der Waals surface area contributed by atoms with Crippen LogP contribution >= 0.6 is 35.3 Å². The Balaban J connectivity index is 0.00000312. The predicted octanol–water partition coefficient (Wildman–Crippen LogP) is 1.80. The van der Waals surface area contributed by atoms with E-state index in [-0.39, 0.29) is 35.8 Å². The number of rotatable bonds is 6. The van der Waals surface area contributed by atoms with Gasteiger partial charge in [0.2, 0.25) is 10.0 Å². The lowest BCUT2D eigenvalue weighted by molar-refractivity contribution is 0.306. The molecule has 2 heterocycles. The molecule has 0 aliphatic carbocycles. The number of aryl methyl sites for hydroxylation is 1. The molecular formula is C15H28IN5O2S2. The van der Waals surface area contributed by atoms with E-state index >= 15 is 0 Å². The number of aliphatic imine (C=N–C) groups is 1. The van der Waals surface area contributed by atoms with E-state index in [0.717, 1.165) is 35.9 Å². The lowest BCUT2D eigenvalue weighted by Crippen LogP contribution is -2.49. The van der Waals surface area contributed by atoms with E-state index < -0.39 is 10.0 Å². The molecule has 2 N–H and O–H groups in total. The minimum Gasteiger partial charge on any atom is -0.354 e. The van der Waals surface area contributed by atoms with Gasteiger partial charge in [0.15, 0.2) is 5.96 Å². The number of thiazole rings is 1. The molecule has 144 valence electrons. The Bertz CT molecular complexity index is 655. The average Bonchev–Trinajstić information content (AvgIpc) is 3.07. The molecule has 0 atom stereocenters. The minimum atomic E-state index is -3.07. The van der Waals surface area contributed by atoms with Crippen molar-refractivity contribution in [2.45, 2.75) is 45.7 Å². The lowest BCUT2D eigenvalue weighted by Gasteiger charge is -2.32. The molecule has 0 amide bonds. The molecular weight excluding hydrogens is 473 g/mol. The van der Waals surface area contributed by atoms with Crippen LogP contribution in [0.5, 0.6) is 0 Å². The normalized spacial score (nSPS) is 17.2. The Labute approximate surface area is 171 Å². The summed E-state index contributed by atoms with van der Waals surface area (Å²) in [5, 5.41) is 9.85. The Morgan fingerprint density at radius 1 is 1.40 bits per heavy atom. The van der Waals surface area contributed by atoms with Crippen molar-refractivity contribution < 1.29 is 8.42 Å². The summed E-state index contributed by atoms with van der Waals surface area (Å²) >= 11 is 1.68. The van der Waals surface area contributed by atoms with Crippen LogP contribution in [0.3, 0.4) is 0 Å². The third kappa shape index (κ3) is 6.65. The quantitative estimate of drug-likeness (QED) is 0.353. The molecule has 10 heteroatoms. The fourth-order valence-electron chi connectivity index (χ4n) is 2.62. The number of guanidine groups is 1. The Kier molecular flexibility index (Phi) is 9.60. The van der Waals surface area contributed by atoms with E-state index in [9.17, 15) is 8.42 Å². The molecule has 0 aromatic carbocycles. The summed E-state index contributed by atoms with van der Waals surface area (Å²) in [7, 11) is -1.33. The maximum Gasteiger partial charge on any atom is 0.213 e. The van der Waals surface area contributed by atoms with Gasteiger partial charge in [-0.15, -0.1) is 35.3 Å². The highest BCUT2D eigenvalue weighted by Gasteiger charge is 2.26. The Morgan fingerprint density at radius 3 is 2.60 bits per heavy atom. The molecule has 1 aliphatic heterocycles. The van der Waals surface area contributed by atoms with E-state index in [2.05, 4.69) is 32.9 Å². The number of sulfonamides is 1. The number of piperidine rings is 1.